The van der Waals surface area contributed by atoms with E-state index in [1.54, 1.807) is 38.3 Å². The first-order valence-corrected chi connectivity index (χ1v) is 9.78. The van der Waals surface area contributed by atoms with Crippen LogP contribution >= 0.6 is 0 Å². The maximum atomic E-state index is 12.7. The number of nitrogens with zero attached hydrogens (tertiary/aromatic N) is 2. The summed E-state index contributed by atoms with van der Waals surface area (Å²) in [5.74, 6) is 1.80. The molecule has 2 aromatic carbocycles. The Morgan fingerprint density at radius 1 is 1.07 bits per heavy atom. The van der Waals surface area contributed by atoms with Crippen LogP contribution in [0.15, 0.2) is 54.9 Å². The van der Waals surface area contributed by atoms with Crippen LogP contribution in [-0.2, 0) is 11.2 Å². The average Bonchev–Trinajstić information content (AvgIpc) is 2.74. The molecule has 3 aromatic rings. The average molecular weight is 406 g/mol. The van der Waals surface area contributed by atoms with Gasteiger partial charge in [0.25, 0.3) is 5.91 Å². The Bertz CT molecular complexity index is 1010. The highest BCUT2D eigenvalue weighted by Crippen LogP contribution is 2.25. The van der Waals surface area contributed by atoms with E-state index in [4.69, 9.17) is 9.47 Å². The van der Waals surface area contributed by atoms with E-state index in [2.05, 4.69) is 20.6 Å². The molecule has 0 fully saturated rings. The lowest BCUT2D eigenvalue weighted by atomic mass is 10.1. The number of methoxy groups -OCH3 is 1. The zero-order chi connectivity index (χ0) is 21.5. The zero-order valence-corrected chi connectivity index (χ0v) is 17.6. The molecule has 7 heteroatoms. The molecule has 30 heavy (non-hydrogen) atoms. The summed E-state index contributed by atoms with van der Waals surface area (Å²) in [6.07, 6.45) is 1.64. The molecule has 0 aliphatic heterocycles. The maximum Gasteiger partial charge on any atom is 0.265 e. The standard InChI is InChI=1S/C23H26N4O3/c1-5-17-6-7-18(26-22-12-15(2)24-14-25-22)13-21(17)27-23(28)16(3)30-20-10-8-19(29-4)9-11-20/h6-14,16H,5H2,1-4H3,(H,27,28)(H,24,25,26). The maximum absolute atomic E-state index is 12.7. The van der Waals surface area contributed by atoms with Gasteiger partial charge in [0.05, 0.1) is 7.11 Å². The number of anilines is 3. The Hall–Kier alpha value is -3.61. The molecule has 0 saturated carbocycles. The van der Waals surface area contributed by atoms with E-state index in [0.717, 1.165) is 34.8 Å². The number of hydrogen-bond donors (Lipinski definition) is 2. The van der Waals surface area contributed by atoms with Gasteiger partial charge in [0.15, 0.2) is 6.10 Å². The molecule has 1 unspecified atom stereocenters. The van der Waals surface area contributed by atoms with Crippen molar-refractivity contribution in [3.63, 3.8) is 0 Å². The van der Waals surface area contributed by atoms with Gasteiger partial charge in [-0.3, -0.25) is 4.79 Å². The van der Waals surface area contributed by atoms with E-state index in [9.17, 15) is 4.79 Å². The minimum absolute atomic E-state index is 0.226. The van der Waals surface area contributed by atoms with Crippen molar-refractivity contribution in [3.8, 4) is 11.5 Å². The number of ether oxygens (including phenoxy) is 2. The Labute approximate surface area is 176 Å². The molecule has 156 valence electrons. The predicted molar refractivity (Wildman–Crippen MR) is 118 cm³/mol. The van der Waals surface area contributed by atoms with E-state index in [0.29, 0.717) is 11.6 Å². The van der Waals surface area contributed by atoms with Crippen molar-refractivity contribution in [2.75, 3.05) is 17.7 Å². The molecule has 1 atom stereocenters. The lowest BCUT2D eigenvalue weighted by Gasteiger charge is -2.17. The van der Waals surface area contributed by atoms with E-state index in [-0.39, 0.29) is 5.91 Å². The Morgan fingerprint density at radius 3 is 2.47 bits per heavy atom. The molecule has 1 aromatic heterocycles. The van der Waals surface area contributed by atoms with E-state index in [1.807, 2.05) is 38.1 Å². The topological polar surface area (TPSA) is 85.4 Å². The van der Waals surface area contributed by atoms with Crippen molar-refractivity contribution in [2.45, 2.75) is 33.3 Å². The summed E-state index contributed by atoms with van der Waals surface area (Å²) in [5.41, 5.74) is 3.47. The van der Waals surface area contributed by atoms with Gasteiger partial charge in [0.1, 0.15) is 23.6 Å². The van der Waals surface area contributed by atoms with Gasteiger partial charge in [0, 0.05) is 23.1 Å². The van der Waals surface area contributed by atoms with Gasteiger partial charge in [-0.1, -0.05) is 13.0 Å². The van der Waals surface area contributed by atoms with E-state index < -0.39 is 6.10 Å². The third-order valence-electron chi connectivity index (χ3n) is 4.57. The van der Waals surface area contributed by atoms with Crippen LogP contribution in [0.2, 0.25) is 0 Å². The molecule has 1 heterocycles. The molecular weight excluding hydrogens is 380 g/mol. The summed E-state index contributed by atoms with van der Waals surface area (Å²) in [5, 5.41) is 6.22. The minimum atomic E-state index is -0.663. The van der Waals surface area contributed by atoms with Gasteiger partial charge in [0.2, 0.25) is 0 Å². The molecule has 0 bridgehead atoms. The van der Waals surface area contributed by atoms with Gasteiger partial charge < -0.3 is 20.1 Å². The number of hydrogen-bond acceptors (Lipinski definition) is 6. The van der Waals surface area contributed by atoms with Crippen molar-refractivity contribution in [3.05, 3.63) is 66.1 Å². The van der Waals surface area contributed by atoms with Crippen LogP contribution in [0.3, 0.4) is 0 Å². The van der Waals surface area contributed by atoms with Gasteiger partial charge in [-0.25, -0.2) is 9.97 Å². The second kappa shape index (κ2) is 9.73. The number of benzene rings is 2. The molecule has 7 nitrogen and oxygen atoms in total. The fourth-order valence-electron chi connectivity index (χ4n) is 2.90. The van der Waals surface area contributed by atoms with Crippen LogP contribution in [0.4, 0.5) is 17.2 Å². The van der Waals surface area contributed by atoms with Crippen molar-refractivity contribution in [1.82, 2.24) is 9.97 Å². The summed E-state index contributed by atoms with van der Waals surface area (Å²) in [4.78, 5) is 21.0. The molecule has 0 saturated heterocycles. The van der Waals surface area contributed by atoms with Crippen molar-refractivity contribution in [2.24, 2.45) is 0 Å². The Balaban J connectivity index is 1.70. The summed E-state index contributed by atoms with van der Waals surface area (Å²) in [6, 6.07) is 14.8. The molecule has 0 aliphatic rings. The van der Waals surface area contributed by atoms with Crippen LogP contribution in [-0.4, -0.2) is 29.1 Å². The lowest BCUT2D eigenvalue weighted by Crippen LogP contribution is -2.30. The molecule has 0 spiro atoms. The first kappa shape index (κ1) is 21.1. The SMILES string of the molecule is CCc1ccc(Nc2cc(C)ncn2)cc1NC(=O)C(C)Oc1ccc(OC)cc1. The van der Waals surface area contributed by atoms with Gasteiger partial charge >= 0.3 is 0 Å². The third kappa shape index (κ3) is 5.47. The van der Waals surface area contributed by atoms with Crippen LogP contribution in [0.1, 0.15) is 25.1 Å². The fourth-order valence-corrected chi connectivity index (χ4v) is 2.90. The highest BCUT2D eigenvalue weighted by Gasteiger charge is 2.16. The van der Waals surface area contributed by atoms with Gasteiger partial charge in [-0.05, 0) is 62.2 Å². The molecular formula is C23H26N4O3. The summed E-state index contributed by atoms with van der Waals surface area (Å²) < 4.78 is 10.9. The largest absolute Gasteiger partial charge is 0.497 e. The Kier molecular flexibility index (Phi) is 6.85. The second-order valence-electron chi connectivity index (χ2n) is 6.82. The summed E-state index contributed by atoms with van der Waals surface area (Å²) in [7, 11) is 1.60. The zero-order valence-electron chi connectivity index (χ0n) is 17.6. The van der Waals surface area contributed by atoms with Crippen molar-refractivity contribution < 1.29 is 14.3 Å². The van der Waals surface area contributed by atoms with Crippen LogP contribution in [0, 0.1) is 6.92 Å². The summed E-state index contributed by atoms with van der Waals surface area (Å²) >= 11 is 0. The van der Waals surface area contributed by atoms with Crippen LogP contribution < -0.4 is 20.1 Å². The molecule has 0 radical (unpaired) electrons. The number of carbonyl (C=O) groups excluding carboxylic acids is 1. The van der Waals surface area contributed by atoms with Gasteiger partial charge in [-0.15, -0.1) is 0 Å². The monoisotopic (exact) mass is 406 g/mol. The van der Waals surface area contributed by atoms with Crippen molar-refractivity contribution in [1.29, 1.82) is 0 Å². The van der Waals surface area contributed by atoms with E-state index >= 15 is 0 Å². The quantitative estimate of drug-likeness (QED) is 0.573. The molecule has 0 aliphatic carbocycles. The van der Waals surface area contributed by atoms with Crippen molar-refractivity contribution >= 4 is 23.1 Å². The Morgan fingerprint density at radius 2 is 1.80 bits per heavy atom. The number of amides is 1. The number of nitrogens with one attached hydrogen (secondary N) is 2. The number of aryl methyl sites for hydroxylation is 2. The van der Waals surface area contributed by atoms with E-state index in [1.165, 1.54) is 6.33 Å². The highest BCUT2D eigenvalue weighted by atomic mass is 16.5. The van der Waals surface area contributed by atoms with Crippen LogP contribution in [0.5, 0.6) is 11.5 Å². The lowest BCUT2D eigenvalue weighted by molar-refractivity contribution is -0.122. The molecule has 3 rings (SSSR count). The first-order valence-electron chi connectivity index (χ1n) is 9.78. The smallest absolute Gasteiger partial charge is 0.265 e. The molecule has 2 N–H and O–H groups in total. The molecule has 1 amide bonds. The fraction of sp³-hybridized carbons (Fsp3) is 0.261. The second-order valence-corrected chi connectivity index (χ2v) is 6.82. The van der Waals surface area contributed by atoms with Gasteiger partial charge in [-0.2, -0.15) is 0 Å². The first-order chi connectivity index (χ1) is 14.5. The number of rotatable bonds is 8. The van der Waals surface area contributed by atoms with Crippen LogP contribution in [0.25, 0.3) is 0 Å². The predicted octanol–water partition coefficient (Wildman–Crippen LogP) is 4.51. The number of aromatic nitrogens is 2. The minimum Gasteiger partial charge on any atom is -0.497 e. The number of carbonyl (C=O) groups is 1. The summed E-state index contributed by atoms with van der Waals surface area (Å²) in [6.45, 7) is 5.67. The third-order valence-corrected chi connectivity index (χ3v) is 4.57. The highest BCUT2D eigenvalue weighted by molar-refractivity contribution is 5.95. The normalized spacial score (nSPS) is 11.5.